The van der Waals surface area contributed by atoms with Gasteiger partial charge in [0.2, 0.25) is 0 Å². The molecule has 0 atom stereocenters. The zero-order chi connectivity index (χ0) is 9.97. The van der Waals surface area contributed by atoms with Crippen molar-refractivity contribution in [2.75, 3.05) is 0 Å². The summed E-state index contributed by atoms with van der Waals surface area (Å²) in [6, 6.07) is 3.99. The Labute approximate surface area is 82.2 Å². The molecule has 0 spiro atoms. The second-order valence-corrected chi connectivity index (χ2v) is 3.23. The summed E-state index contributed by atoms with van der Waals surface area (Å²) in [5.74, 6) is 0. The van der Waals surface area contributed by atoms with Crippen molar-refractivity contribution in [1.29, 1.82) is 0 Å². The third-order valence-electron chi connectivity index (χ3n) is 2.02. The highest BCUT2D eigenvalue weighted by molar-refractivity contribution is 5.58. The average molecular weight is 188 g/mol. The van der Waals surface area contributed by atoms with Gasteiger partial charge in [-0.05, 0) is 24.6 Å². The first kappa shape index (κ1) is 8.90. The van der Waals surface area contributed by atoms with Crippen LogP contribution >= 0.6 is 0 Å². The van der Waals surface area contributed by atoms with Gasteiger partial charge in [0.15, 0.2) is 0 Å². The maximum atomic E-state index is 5.48. The molecule has 4 nitrogen and oxygen atoms in total. The van der Waals surface area contributed by atoms with Crippen LogP contribution in [0.1, 0.15) is 11.3 Å². The van der Waals surface area contributed by atoms with Gasteiger partial charge in [0.25, 0.3) is 0 Å². The molecule has 3 N–H and O–H groups in total. The third kappa shape index (κ3) is 1.65. The van der Waals surface area contributed by atoms with Crippen LogP contribution in [0.25, 0.3) is 11.3 Å². The van der Waals surface area contributed by atoms with E-state index in [1.807, 2.05) is 25.3 Å². The quantitative estimate of drug-likeness (QED) is 0.745. The predicted octanol–water partition coefficient (Wildman–Crippen LogP) is 1.24. The lowest BCUT2D eigenvalue weighted by Crippen LogP contribution is -1.95. The lowest BCUT2D eigenvalue weighted by atomic mass is 10.1. The van der Waals surface area contributed by atoms with Gasteiger partial charge < -0.3 is 5.73 Å². The first-order valence-corrected chi connectivity index (χ1v) is 4.46. The van der Waals surface area contributed by atoms with E-state index >= 15 is 0 Å². The Morgan fingerprint density at radius 3 is 2.86 bits per heavy atom. The van der Waals surface area contributed by atoms with Crippen LogP contribution in [0.5, 0.6) is 0 Å². The number of aromatic nitrogens is 3. The molecule has 0 bridgehead atoms. The molecule has 0 radical (unpaired) electrons. The SMILES string of the molecule is Cc1cncc(-c2cc(CN)[nH]n2)c1. The number of nitrogens with zero attached hydrogens (tertiary/aromatic N) is 2. The lowest BCUT2D eigenvalue weighted by Gasteiger charge is -1.95. The number of rotatable bonds is 2. The number of nitrogens with two attached hydrogens (primary N) is 1. The van der Waals surface area contributed by atoms with Crippen molar-refractivity contribution in [3.8, 4) is 11.3 Å². The summed E-state index contributed by atoms with van der Waals surface area (Å²) in [5.41, 5.74) is 9.45. The Hall–Kier alpha value is -1.68. The average Bonchev–Trinajstić information content (AvgIpc) is 2.66. The summed E-state index contributed by atoms with van der Waals surface area (Å²) in [4.78, 5) is 4.11. The van der Waals surface area contributed by atoms with Gasteiger partial charge in [-0.15, -0.1) is 0 Å². The Balaban J connectivity index is 2.39. The van der Waals surface area contributed by atoms with E-state index in [-0.39, 0.29) is 0 Å². The number of hydrogen-bond acceptors (Lipinski definition) is 3. The number of nitrogens with one attached hydrogen (secondary N) is 1. The van der Waals surface area contributed by atoms with Crippen LogP contribution in [0.15, 0.2) is 24.5 Å². The van der Waals surface area contributed by atoms with Gasteiger partial charge in [-0.3, -0.25) is 10.1 Å². The molecule has 0 aromatic carbocycles. The Morgan fingerprint density at radius 2 is 2.21 bits per heavy atom. The van der Waals surface area contributed by atoms with Crippen molar-refractivity contribution in [1.82, 2.24) is 15.2 Å². The van der Waals surface area contributed by atoms with E-state index in [1.54, 1.807) is 6.20 Å². The van der Waals surface area contributed by atoms with Crippen molar-refractivity contribution < 1.29 is 0 Å². The molecule has 0 saturated heterocycles. The van der Waals surface area contributed by atoms with E-state index in [0.717, 1.165) is 22.5 Å². The number of H-pyrrole nitrogens is 1. The van der Waals surface area contributed by atoms with Gasteiger partial charge in [0, 0.05) is 30.2 Å². The smallest absolute Gasteiger partial charge is 0.0939 e. The molecule has 0 fully saturated rings. The number of hydrogen-bond donors (Lipinski definition) is 2. The molecule has 0 amide bonds. The highest BCUT2D eigenvalue weighted by Crippen LogP contribution is 2.17. The Morgan fingerprint density at radius 1 is 1.36 bits per heavy atom. The summed E-state index contributed by atoms with van der Waals surface area (Å²) in [6.45, 7) is 2.49. The normalized spacial score (nSPS) is 10.4. The molecule has 14 heavy (non-hydrogen) atoms. The second-order valence-electron chi connectivity index (χ2n) is 3.23. The van der Waals surface area contributed by atoms with E-state index in [9.17, 15) is 0 Å². The molecule has 2 heterocycles. The van der Waals surface area contributed by atoms with Gasteiger partial charge in [0.1, 0.15) is 0 Å². The second kappa shape index (κ2) is 3.59. The monoisotopic (exact) mass is 188 g/mol. The summed E-state index contributed by atoms with van der Waals surface area (Å²) in [6.07, 6.45) is 3.61. The molecular formula is C10H12N4. The van der Waals surface area contributed by atoms with Gasteiger partial charge in [0.05, 0.1) is 5.69 Å². The maximum Gasteiger partial charge on any atom is 0.0939 e. The van der Waals surface area contributed by atoms with Gasteiger partial charge in [-0.2, -0.15) is 5.10 Å². The fourth-order valence-corrected chi connectivity index (χ4v) is 1.31. The van der Waals surface area contributed by atoms with E-state index in [4.69, 9.17) is 5.73 Å². The predicted molar refractivity (Wildman–Crippen MR) is 54.4 cm³/mol. The van der Waals surface area contributed by atoms with Gasteiger partial charge >= 0.3 is 0 Å². The first-order chi connectivity index (χ1) is 6.79. The van der Waals surface area contributed by atoms with Crippen LogP contribution in [-0.2, 0) is 6.54 Å². The zero-order valence-electron chi connectivity index (χ0n) is 7.99. The molecule has 2 aromatic rings. The molecule has 2 rings (SSSR count). The van der Waals surface area contributed by atoms with Crippen LogP contribution in [0.4, 0.5) is 0 Å². The summed E-state index contributed by atoms with van der Waals surface area (Å²) >= 11 is 0. The van der Waals surface area contributed by atoms with E-state index in [1.165, 1.54) is 0 Å². The molecule has 0 unspecified atom stereocenters. The van der Waals surface area contributed by atoms with Crippen LogP contribution in [-0.4, -0.2) is 15.2 Å². The minimum absolute atomic E-state index is 0.478. The summed E-state index contributed by atoms with van der Waals surface area (Å²) < 4.78 is 0. The van der Waals surface area contributed by atoms with Crippen LogP contribution in [0, 0.1) is 6.92 Å². The van der Waals surface area contributed by atoms with Crippen molar-refractivity contribution in [2.24, 2.45) is 5.73 Å². The lowest BCUT2D eigenvalue weighted by molar-refractivity contribution is 0.948. The van der Waals surface area contributed by atoms with Crippen LogP contribution in [0.2, 0.25) is 0 Å². The largest absolute Gasteiger partial charge is 0.325 e. The zero-order valence-corrected chi connectivity index (χ0v) is 7.99. The molecule has 2 aromatic heterocycles. The number of pyridine rings is 1. The highest BCUT2D eigenvalue weighted by Gasteiger charge is 2.02. The van der Waals surface area contributed by atoms with Crippen molar-refractivity contribution in [3.05, 3.63) is 35.8 Å². The maximum absolute atomic E-state index is 5.48. The molecule has 0 aliphatic carbocycles. The minimum atomic E-state index is 0.478. The Bertz CT molecular complexity index is 433. The molecule has 0 saturated carbocycles. The number of aryl methyl sites for hydroxylation is 1. The fourth-order valence-electron chi connectivity index (χ4n) is 1.31. The minimum Gasteiger partial charge on any atom is -0.325 e. The molecule has 72 valence electrons. The summed E-state index contributed by atoms with van der Waals surface area (Å²) in [5, 5.41) is 7.02. The molecular weight excluding hydrogens is 176 g/mol. The molecule has 0 aliphatic heterocycles. The molecule has 0 aliphatic rings. The van der Waals surface area contributed by atoms with Crippen molar-refractivity contribution >= 4 is 0 Å². The third-order valence-corrected chi connectivity index (χ3v) is 2.02. The van der Waals surface area contributed by atoms with Gasteiger partial charge in [-0.1, -0.05) is 0 Å². The Kier molecular flexibility index (Phi) is 2.28. The van der Waals surface area contributed by atoms with Gasteiger partial charge in [-0.25, -0.2) is 0 Å². The topological polar surface area (TPSA) is 67.6 Å². The fraction of sp³-hybridized carbons (Fsp3) is 0.200. The van der Waals surface area contributed by atoms with E-state index in [0.29, 0.717) is 6.54 Å². The molecule has 4 heteroatoms. The van der Waals surface area contributed by atoms with Crippen LogP contribution < -0.4 is 5.73 Å². The standard InChI is InChI=1S/C10H12N4/c1-7-2-8(6-12-5-7)10-3-9(4-11)13-14-10/h2-3,5-6H,4,11H2,1H3,(H,13,14). The van der Waals surface area contributed by atoms with E-state index < -0.39 is 0 Å². The van der Waals surface area contributed by atoms with E-state index in [2.05, 4.69) is 15.2 Å². The summed E-state index contributed by atoms with van der Waals surface area (Å²) in [7, 11) is 0. The van der Waals surface area contributed by atoms with Crippen molar-refractivity contribution in [2.45, 2.75) is 13.5 Å². The van der Waals surface area contributed by atoms with Crippen LogP contribution in [0.3, 0.4) is 0 Å². The van der Waals surface area contributed by atoms with Crippen molar-refractivity contribution in [3.63, 3.8) is 0 Å². The number of aromatic amines is 1. The highest BCUT2D eigenvalue weighted by atomic mass is 15.1. The first-order valence-electron chi connectivity index (χ1n) is 4.46.